The smallest absolute Gasteiger partial charge is 0.389 e. The van der Waals surface area contributed by atoms with E-state index in [-0.39, 0.29) is 30.0 Å². The van der Waals surface area contributed by atoms with Gasteiger partial charge in [-0.05, 0) is 22.9 Å². The molecular formula is C11H10F5N5. The van der Waals surface area contributed by atoms with Crippen LogP contribution in [0.1, 0.15) is 12.8 Å². The molecule has 1 aromatic heterocycles. The third kappa shape index (κ3) is 3.64. The van der Waals surface area contributed by atoms with E-state index in [1.807, 2.05) is 0 Å². The molecule has 1 aromatic carbocycles. The standard InChI is InChI=1S/C11H10F5N5/c12-7-5-8(13)9(17)4-6(7)10-18-19-20-21(10)3-1-2-11(14,15)16/h4-5H,1-3,17H2. The lowest BCUT2D eigenvalue weighted by atomic mass is 10.1. The number of hydrogen-bond donors (Lipinski definition) is 1. The lowest BCUT2D eigenvalue weighted by Crippen LogP contribution is -2.11. The second-order valence-electron chi connectivity index (χ2n) is 4.30. The van der Waals surface area contributed by atoms with E-state index in [2.05, 4.69) is 15.5 Å². The Balaban J connectivity index is 2.22. The number of aromatic nitrogens is 4. The van der Waals surface area contributed by atoms with Crippen LogP contribution in [0.3, 0.4) is 0 Å². The minimum atomic E-state index is -4.29. The van der Waals surface area contributed by atoms with Crippen LogP contribution >= 0.6 is 0 Å². The third-order valence-electron chi connectivity index (χ3n) is 2.69. The monoisotopic (exact) mass is 307 g/mol. The van der Waals surface area contributed by atoms with Crippen LogP contribution in [-0.2, 0) is 6.54 Å². The normalized spacial score (nSPS) is 11.9. The zero-order valence-electron chi connectivity index (χ0n) is 10.5. The van der Waals surface area contributed by atoms with Crippen LogP contribution in [0.5, 0.6) is 0 Å². The average molecular weight is 307 g/mol. The summed E-state index contributed by atoms with van der Waals surface area (Å²) in [5.74, 6) is -2.00. The molecule has 5 nitrogen and oxygen atoms in total. The molecule has 0 aliphatic heterocycles. The summed E-state index contributed by atoms with van der Waals surface area (Å²) in [7, 11) is 0. The molecule has 0 radical (unpaired) electrons. The molecule has 0 saturated heterocycles. The number of anilines is 1. The molecule has 21 heavy (non-hydrogen) atoms. The van der Waals surface area contributed by atoms with Gasteiger partial charge in [-0.15, -0.1) is 5.10 Å². The molecule has 2 aromatic rings. The van der Waals surface area contributed by atoms with Crippen molar-refractivity contribution in [3.8, 4) is 11.4 Å². The number of halogens is 5. The first kappa shape index (κ1) is 15.1. The minimum Gasteiger partial charge on any atom is -0.396 e. The number of alkyl halides is 3. The van der Waals surface area contributed by atoms with Crippen molar-refractivity contribution in [3.63, 3.8) is 0 Å². The number of nitrogens with zero attached hydrogens (tertiary/aromatic N) is 4. The van der Waals surface area contributed by atoms with Crippen LogP contribution in [0.25, 0.3) is 11.4 Å². The van der Waals surface area contributed by atoms with E-state index in [1.165, 1.54) is 0 Å². The van der Waals surface area contributed by atoms with Gasteiger partial charge < -0.3 is 5.73 Å². The zero-order valence-corrected chi connectivity index (χ0v) is 10.5. The first-order valence-corrected chi connectivity index (χ1v) is 5.86. The lowest BCUT2D eigenvalue weighted by Gasteiger charge is -2.08. The first-order valence-electron chi connectivity index (χ1n) is 5.86. The molecule has 0 atom stereocenters. The predicted molar refractivity (Wildman–Crippen MR) is 62.9 cm³/mol. The molecule has 1 heterocycles. The molecular weight excluding hydrogens is 297 g/mol. The van der Waals surface area contributed by atoms with Gasteiger partial charge in [0.1, 0.15) is 11.6 Å². The highest BCUT2D eigenvalue weighted by atomic mass is 19.4. The highest BCUT2D eigenvalue weighted by molar-refractivity contribution is 5.62. The van der Waals surface area contributed by atoms with Crippen molar-refractivity contribution < 1.29 is 22.0 Å². The van der Waals surface area contributed by atoms with Gasteiger partial charge in [0.15, 0.2) is 5.82 Å². The summed E-state index contributed by atoms with van der Waals surface area (Å²) in [6.45, 7) is -0.154. The Kier molecular flexibility index (Phi) is 4.05. The maximum absolute atomic E-state index is 13.7. The van der Waals surface area contributed by atoms with Crippen molar-refractivity contribution in [2.45, 2.75) is 25.6 Å². The molecule has 0 aliphatic rings. The Labute approximate surface area is 115 Å². The number of rotatable bonds is 4. The number of nitrogen functional groups attached to an aromatic ring is 1. The molecule has 2 N–H and O–H groups in total. The largest absolute Gasteiger partial charge is 0.396 e. The molecule has 0 saturated carbocycles. The van der Waals surface area contributed by atoms with Gasteiger partial charge in [0, 0.05) is 19.0 Å². The van der Waals surface area contributed by atoms with Crippen molar-refractivity contribution in [2.24, 2.45) is 0 Å². The van der Waals surface area contributed by atoms with E-state index < -0.39 is 24.2 Å². The van der Waals surface area contributed by atoms with Gasteiger partial charge in [-0.3, -0.25) is 0 Å². The number of tetrazole rings is 1. The van der Waals surface area contributed by atoms with E-state index >= 15 is 0 Å². The van der Waals surface area contributed by atoms with Crippen LogP contribution in [-0.4, -0.2) is 26.4 Å². The van der Waals surface area contributed by atoms with Gasteiger partial charge in [-0.2, -0.15) is 13.2 Å². The SMILES string of the molecule is Nc1cc(-c2nnnn2CCCC(F)(F)F)c(F)cc1F. The summed E-state index contributed by atoms with van der Waals surface area (Å²) in [5.41, 5.74) is 4.85. The number of benzene rings is 1. The summed E-state index contributed by atoms with van der Waals surface area (Å²) in [6, 6.07) is 1.57. The molecule has 0 amide bonds. The second-order valence-corrected chi connectivity index (χ2v) is 4.30. The second kappa shape index (κ2) is 5.62. The van der Waals surface area contributed by atoms with Crippen LogP contribution in [0, 0.1) is 11.6 Å². The van der Waals surface area contributed by atoms with Crippen LogP contribution in [0.2, 0.25) is 0 Å². The van der Waals surface area contributed by atoms with Gasteiger partial charge in [0.05, 0.1) is 11.3 Å². The molecule has 2 rings (SSSR count). The number of aryl methyl sites for hydroxylation is 1. The molecule has 114 valence electrons. The zero-order chi connectivity index (χ0) is 15.6. The first-order chi connectivity index (χ1) is 9.78. The molecule has 0 spiro atoms. The summed E-state index contributed by atoms with van der Waals surface area (Å²) >= 11 is 0. The van der Waals surface area contributed by atoms with E-state index in [1.54, 1.807) is 0 Å². The highest BCUT2D eigenvalue weighted by Crippen LogP contribution is 2.26. The van der Waals surface area contributed by atoms with Gasteiger partial charge in [0.2, 0.25) is 0 Å². The van der Waals surface area contributed by atoms with Crippen LogP contribution in [0.4, 0.5) is 27.6 Å². The fraction of sp³-hybridized carbons (Fsp3) is 0.364. The fourth-order valence-electron chi connectivity index (χ4n) is 1.71. The summed E-state index contributed by atoms with van der Waals surface area (Å²) < 4.78 is 64.1. The summed E-state index contributed by atoms with van der Waals surface area (Å²) in [6.07, 6.45) is -5.57. The summed E-state index contributed by atoms with van der Waals surface area (Å²) in [4.78, 5) is 0. The van der Waals surface area contributed by atoms with Crippen LogP contribution in [0.15, 0.2) is 12.1 Å². The Bertz CT molecular complexity index is 636. The molecule has 0 unspecified atom stereocenters. The molecule has 0 aliphatic carbocycles. The predicted octanol–water partition coefficient (Wildman–Crippen LogP) is 2.54. The van der Waals surface area contributed by atoms with Gasteiger partial charge in [-0.25, -0.2) is 13.5 Å². The Morgan fingerprint density at radius 2 is 1.86 bits per heavy atom. The van der Waals surface area contributed by atoms with Crippen molar-refractivity contribution in [1.29, 1.82) is 0 Å². The molecule has 10 heteroatoms. The summed E-state index contributed by atoms with van der Waals surface area (Å²) in [5, 5.41) is 10.3. The van der Waals surface area contributed by atoms with Gasteiger partial charge in [0.25, 0.3) is 0 Å². The van der Waals surface area contributed by atoms with Crippen LogP contribution < -0.4 is 5.73 Å². The van der Waals surface area contributed by atoms with Crippen molar-refractivity contribution in [2.75, 3.05) is 5.73 Å². The Hall–Kier alpha value is -2.26. The van der Waals surface area contributed by atoms with Gasteiger partial charge >= 0.3 is 6.18 Å². The number of hydrogen-bond acceptors (Lipinski definition) is 4. The lowest BCUT2D eigenvalue weighted by molar-refractivity contribution is -0.136. The Morgan fingerprint density at radius 1 is 1.14 bits per heavy atom. The fourth-order valence-corrected chi connectivity index (χ4v) is 1.71. The van der Waals surface area contributed by atoms with Crippen molar-refractivity contribution >= 4 is 5.69 Å². The maximum atomic E-state index is 13.7. The maximum Gasteiger partial charge on any atom is 0.389 e. The van der Waals surface area contributed by atoms with Crippen molar-refractivity contribution in [3.05, 3.63) is 23.8 Å². The molecule has 0 bridgehead atoms. The quantitative estimate of drug-likeness (QED) is 0.696. The Morgan fingerprint density at radius 3 is 2.52 bits per heavy atom. The van der Waals surface area contributed by atoms with Crippen molar-refractivity contribution in [1.82, 2.24) is 20.2 Å². The van der Waals surface area contributed by atoms with Gasteiger partial charge in [-0.1, -0.05) is 0 Å². The van der Waals surface area contributed by atoms with E-state index in [0.29, 0.717) is 6.07 Å². The topological polar surface area (TPSA) is 69.6 Å². The van der Waals surface area contributed by atoms with E-state index in [9.17, 15) is 22.0 Å². The third-order valence-corrected chi connectivity index (χ3v) is 2.69. The highest BCUT2D eigenvalue weighted by Gasteiger charge is 2.26. The minimum absolute atomic E-state index is 0.110. The molecule has 0 fully saturated rings. The average Bonchev–Trinajstić information content (AvgIpc) is 2.80. The number of nitrogens with two attached hydrogens (primary N) is 1. The van der Waals surface area contributed by atoms with E-state index in [4.69, 9.17) is 5.73 Å². The van der Waals surface area contributed by atoms with E-state index in [0.717, 1.165) is 10.7 Å².